The van der Waals surface area contributed by atoms with Crippen LogP contribution in [0, 0.1) is 0 Å². The van der Waals surface area contributed by atoms with E-state index < -0.39 is 15.8 Å². The Kier molecular flexibility index (Phi) is 5.52. The molecule has 0 saturated heterocycles. The Morgan fingerprint density at radius 3 is 2.36 bits per heavy atom. The Balaban J connectivity index is 2.44. The standard InChI is InChI=1S/C19H23NO4S/c1-5-24-18(21)17-14-20(19(2,3)4)13-15(17)11-12-25(22,23)16-9-7-6-8-10-16/h6-14H,5H2,1-4H3/b12-11+. The first kappa shape index (κ1) is 19.0. The van der Waals surface area contributed by atoms with Gasteiger partial charge in [0.15, 0.2) is 9.84 Å². The number of hydrogen-bond acceptors (Lipinski definition) is 4. The number of esters is 1. The second-order valence-electron chi connectivity index (χ2n) is 6.59. The molecule has 5 nitrogen and oxygen atoms in total. The lowest BCUT2D eigenvalue weighted by atomic mass is 10.1. The van der Waals surface area contributed by atoms with Crippen molar-refractivity contribution < 1.29 is 17.9 Å². The van der Waals surface area contributed by atoms with Gasteiger partial charge in [-0.2, -0.15) is 0 Å². The van der Waals surface area contributed by atoms with Crippen molar-refractivity contribution in [3.05, 3.63) is 59.3 Å². The maximum atomic E-state index is 12.4. The summed E-state index contributed by atoms with van der Waals surface area (Å²) in [5, 5.41) is 1.12. The molecule has 0 saturated carbocycles. The van der Waals surface area contributed by atoms with Crippen molar-refractivity contribution >= 4 is 21.9 Å². The van der Waals surface area contributed by atoms with Crippen molar-refractivity contribution in [1.82, 2.24) is 4.57 Å². The van der Waals surface area contributed by atoms with Gasteiger partial charge in [-0.3, -0.25) is 0 Å². The van der Waals surface area contributed by atoms with Crippen LogP contribution in [0.3, 0.4) is 0 Å². The Morgan fingerprint density at radius 2 is 1.80 bits per heavy atom. The topological polar surface area (TPSA) is 65.4 Å². The Bertz CT molecular complexity index is 872. The van der Waals surface area contributed by atoms with E-state index in [2.05, 4.69) is 0 Å². The van der Waals surface area contributed by atoms with Gasteiger partial charge < -0.3 is 9.30 Å². The summed E-state index contributed by atoms with van der Waals surface area (Å²) >= 11 is 0. The fraction of sp³-hybridized carbons (Fsp3) is 0.316. The smallest absolute Gasteiger partial charge is 0.340 e. The third-order valence-corrected chi connectivity index (χ3v) is 5.05. The summed E-state index contributed by atoms with van der Waals surface area (Å²) in [7, 11) is -3.58. The number of carbonyl (C=O) groups is 1. The predicted octanol–water partition coefficient (Wildman–Crippen LogP) is 3.86. The highest BCUT2D eigenvalue weighted by molar-refractivity contribution is 7.94. The summed E-state index contributed by atoms with van der Waals surface area (Å²) in [6.45, 7) is 7.97. The number of benzene rings is 1. The highest BCUT2D eigenvalue weighted by Gasteiger charge is 2.20. The van der Waals surface area contributed by atoms with E-state index in [1.54, 1.807) is 37.5 Å². The zero-order valence-electron chi connectivity index (χ0n) is 14.9. The largest absolute Gasteiger partial charge is 0.462 e. The number of nitrogens with zero attached hydrogens (tertiary/aromatic N) is 1. The van der Waals surface area contributed by atoms with Crippen molar-refractivity contribution in [1.29, 1.82) is 0 Å². The normalized spacial score (nSPS) is 12.5. The fourth-order valence-corrected chi connectivity index (χ4v) is 3.24. The van der Waals surface area contributed by atoms with E-state index in [0.717, 1.165) is 5.41 Å². The second-order valence-corrected chi connectivity index (χ2v) is 8.42. The molecule has 0 aliphatic carbocycles. The van der Waals surface area contributed by atoms with E-state index in [4.69, 9.17) is 4.74 Å². The summed E-state index contributed by atoms with van der Waals surface area (Å²) in [6, 6.07) is 8.16. The quantitative estimate of drug-likeness (QED) is 0.759. The summed E-state index contributed by atoms with van der Waals surface area (Å²) in [6.07, 6.45) is 4.88. The molecule has 1 aromatic heterocycles. The minimum absolute atomic E-state index is 0.208. The van der Waals surface area contributed by atoms with Crippen LogP contribution in [0.1, 0.15) is 43.6 Å². The lowest BCUT2D eigenvalue weighted by Crippen LogP contribution is -2.19. The lowest BCUT2D eigenvalue weighted by Gasteiger charge is -2.20. The van der Waals surface area contributed by atoms with Crippen LogP contribution in [0.25, 0.3) is 6.08 Å². The Morgan fingerprint density at radius 1 is 1.16 bits per heavy atom. The number of carbonyl (C=O) groups excluding carboxylic acids is 1. The first-order valence-electron chi connectivity index (χ1n) is 8.03. The Hall–Kier alpha value is -2.34. The maximum absolute atomic E-state index is 12.4. The molecule has 1 aromatic carbocycles. The summed E-state index contributed by atoms with van der Waals surface area (Å²) < 4.78 is 31.8. The second kappa shape index (κ2) is 7.27. The van der Waals surface area contributed by atoms with Crippen molar-refractivity contribution in [3.63, 3.8) is 0 Å². The number of sulfone groups is 1. The molecule has 25 heavy (non-hydrogen) atoms. The molecule has 6 heteroatoms. The van der Waals surface area contributed by atoms with Gasteiger partial charge in [0.2, 0.25) is 0 Å². The highest BCUT2D eigenvalue weighted by atomic mass is 32.2. The van der Waals surface area contributed by atoms with Crippen LogP contribution in [0.4, 0.5) is 0 Å². The number of aromatic nitrogens is 1. The molecule has 0 amide bonds. The number of hydrogen-bond donors (Lipinski definition) is 0. The van der Waals surface area contributed by atoms with Gasteiger partial charge in [-0.25, -0.2) is 13.2 Å². The molecule has 0 bridgehead atoms. The van der Waals surface area contributed by atoms with Gasteiger partial charge in [0, 0.05) is 28.9 Å². The van der Waals surface area contributed by atoms with Gasteiger partial charge in [-0.15, -0.1) is 0 Å². The molecule has 2 aromatic rings. The molecule has 0 aliphatic heterocycles. The van der Waals surface area contributed by atoms with Crippen LogP contribution in [-0.2, 0) is 20.1 Å². The van der Waals surface area contributed by atoms with E-state index in [-0.39, 0.29) is 17.0 Å². The number of rotatable bonds is 5. The van der Waals surface area contributed by atoms with Gasteiger partial charge in [-0.1, -0.05) is 18.2 Å². The van der Waals surface area contributed by atoms with Crippen LogP contribution in [0.2, 0.25) is 0 Å². The van der Waals surface area contributed by atoms with E-state index in [0.29, 0.717) is 11.1 Å². The first-order chi connectivity index (χ1) is 11.6. The molecule has 0 fully saturated rings. The molecule has 0 N–H and O–H groups in total. The molecule has 0 radical (unpaired) electrons. The summed E-state index contributed by atoms with van der Waals surface area (Å²) in [4.78, 5) is 12.4. The van der Waals surface area contributed by atoms with Crippen molar-refractivity contribution in [2.24, 2.45) is 0 Å². The van der Waals surface area contributed by atoms with Crippen LogP contribution in [0.15, 0.2) is 53.0 Å². The number of ether oxygens (including phenoxy) is 1. The molecule has 0 spiro atoms. The minimum Gasteiger partial charge on any atom is -0.462 e. The van der Waals surface area contributed by atoms with Crippen LogP contribution in [-0.4, -0.2) is 25.6 Å². The Labute approximate surface area is 148 Å². The zero-order valence-corrected chi connectivity index (χ0v) is 15.7. The van der Waals surface area contributed by atoms with Crippen LogP contribution >= 0.6 is 0 Å². The average Bonchev–Trinajstić information content (AvgIpc) is 2.99. The minimum atomic E-state index is -3.58. The maximum Gasteiger partial charge on any atom is 0.340 e. The lowest BCUT2D eigenvalue weighted by molar-refractivity contribution is 0.0526. The van der Waals surface area contributed by atoms with Crippen LogP contribution in [0.5, 0.6) is 0 Å². The molecule has 0 aliphatic rings. The molecular weight excluding hydrogens is 338 g/mol. The monoisotopic (exact) mass is 361 g/mol. The van der Waals surface area contributed by atoms with Crippen molar-refractivity contribution in [3.8, 4) is 0 Å². The fourth-order valence-electron chi connectivity index (χ4n) is 2.22. The molecule has 2 rings (SSSR count). The molecule has 0 unspecified atom stereocenters. The highest BCUT2D eigenvalue weighted by Crippen LogP contribution is 2.23. The van der Waals surface area contributed by atoms with Crippen molar-refractivity contribution in [2.45, 2.75) is 38.1 Å². The van der Waals surface area contributed by atoms with E-state index in [1.807, 2.05) is 25.3 Å². The van der Waals surface area contributed by atoms with Gasteiger partial charge in [0.05, 0.1) is 17.1 Å². The third-order valence-electron chi connectivity index (χ3n) is 3.63. The average molecular weight is 361 g/mol. The van der Waals surface area contributed by atoms with Crippen molar-refractivity contribution in [2.75, 3.05) is 6.61 Å². The van der Waals surface area contributed by atoms with E-state index >= 15 is 0 Å². The zero-order chi connectivity index (χ0) is 18.7. The third kappa shape index (κ3) is 4.60. The molecule has 1 heterocycles. The molecule has 134 valence electrons. The predicted molar refractivity (Wildman–Crippen MR) is 98.0 cm³/mol. The SMILES string of the molecule is CCOC(=O)c1cn(C(C)(C)C)cc1/C=C/S(=O)(=O)c1ccccc1. The molecular formula is C19H23NO4S. The molecule has 0 atom stereocenters. The van der Waals surface area contributed by atoms with Gasteiger partial charge >= 0.3 is 5.97 Å². The van der Waals surface area contributed by atoms with Gasteiger partial charge in [-0.05, 0) is 45.9 Å². The van der Waals surface area contributed by atoms with E-state index in [1.165, 1.54) is 18.2 Å². The summed E-state index contributed by atoms with van der Waals surface area (Å²) in [5.74, 6) is -0.470. The first-order valence-corrected chi connectivity index (χ1v) is 9.57. The van der Waals surface area contributed by atoms with Crippen LogP contribution < -0.4 is 0 Å². The van der Waals surface area contributed by atoms with Gasteiger partial charge in [0.1, 0.15) is 0 Å². The van der Waals surface area contributed by atoms with E-state index in [9.17, 15) is 13.2 Å². The summed E-state index contributed by atoms with van der Waals surface area (Å²) in [5.41, 5.74) is 0.607. The van der Waals surface area contributed by atoms with Gasteiger partial charge in [0.25, 0.3) is 0 Å².